The van der Waals surface area contributed by atoms with Gasteiger partial charge in [0.05, 0.1) is 26.2 Å². The number of carbonyl (C=O) groups is 1. The summed E-state index contributed by atoms with van der Waals surface area (Å²) in [6.07, 6.45) is 0. The molecule has 0 spiro atoms. The number of hydrogen-bond donors (Lipinski definition) is 3. The lowest BCUT2D eigenvalue weighted by atomic mass is 10.2. The molecule has 1 aliphatic heterocycles. The molecule has 0 radical (unpaired) electrons. The average molecular weight is 412 g/mol. The third kappa shape index (κ3) is 4.47. The maximum absolute atomic E-state index is 12.6. The van der Waals surface area contributed by atoms with Crippen LogP contribution in [-0.4, -0.2) is 37.1 Å². The zero-order chi connectivity index (χ0) is 21.0. The standard InChI is InChI=1S/C26H26N4O/c31-26(25-18-21-8-4-5-9-24(21)28-25)27-22-10-12-23(13-11-22)30-16-14-29(15-17-30)19-20-6-2-1-3-7-20/h1-13,18,28H,14-17,19H2,(H,27,31)/p+1. The summed E-state index contributed by atoms with van der Waals surface area (Å²) in [5.41, 5.74) is 4.96. The van der Waals surface area contributed by atoms with Crippen LogP contribution in [0.15, 0.2) is 84.9 Å². The van der Waals surface area contributed by atoms with Gasteiger partial charge in [-0.3, -0.25) is 4.79 Å². The van der Waals surface area contributed by atoms with E-state index in [2.05, 4.69) is 57.7 Å². The second-order valence-electron chi connectivity index (χ2n) is 8.17. The molecule has 5 heteroatoms. The van der Waals surface area contributed by atoms with Gasteiger partial charge < -0.3 is 20.1 Å². The minimum absolute atomic E-state index is 0.123. The van der Waals surface area contributed by atoms with E-state index in [0.29, 0.717) is 5.69 Å². The Labute approximate surface area is 182 Å². The van der Waals surface area contributed by atoms with E-state index in [1.54, 1.807) is 4.90 Å². The molecule has 0 saturated carbocycles. The van der Waals surface area contributed by atoms with Gasteiger partial charge >= 0.3 is 0 Å². The van der Waals surface area contributed by atoms with E-state index in [1.165, 1.54) is 11.3 Å². The van der Waals surface area contributed by atoms with Crippen molar-refractivity contribution in [3.8, 4) is 0 Å². The molecule has 1 fully saturated rings. The van der Waals surface area contributed by atoms with Crippen molar-refractivity contribution in [2.24, 2.45) is 0 Å². The Balaban J connectivity index is 1.17. The number of carbonyl (C=O) groups excluding carboxylic acids is 1. The molecule has 0 bridgehead atoms. The molecule has 5 rings (SSSR count). The number of rotatable bonds is 5. The number of piperazine rings is 1. The number of nitrogens with one attached hydrogen (secondary N) is 3. The number of aromatic nitrogens is 1. The second-order valence-corrected chi connectivity index (χ2v) is 8.17. The van der Waals surface area contributed by atoms with E-state index in [0.717, 1.165) is 49.3 Å². The molecular formula is C26H27N4O+. The van der Waals surface area contributed by atoms with E-state index in [1.807, 2.05) is 42.5 Å². The number of fused-ring (bicyclic) bond motifs is 1. The van der Waals surface area contributed by atoms with E-state index < -0.39 is 0 Å². The SMILES string of the molecule is O=C(Nc1ccc(N2CC[NH+](Cc3ccccc3)CC2)cc1)c1cc2ccccc2[nH]1. The van der Waals surface area contributed by atoms with Crippen molar-refractivity contribution >= 4 is 28.2 Å². The van der Waals surface area contributed by atoms with E-state index in [4.69, 9.17) is 0 Å². The molecular weight excluding hydrogens is 384 g/mol. The Morgan fingerprint density at radius 2 is 1.61 bits per heavy atom. The monoisotopic (exact) mass is 411 g/mol. The highest BCUT2D eigenvalue weighted by Gasteiger charge is 2.20. The lowest BCUT2D eigenvalue weighted by molar-refractivity contribution is -0.914. The quantitative estimate of drug-likeness (QED) is 0.472. The molecule has 2 heterocycles. The molecule has 1 amide bonds. The van der Waals surface area contributed by atoms with Gasteiger partial charge in [0.1, 0.15) is 12.2 Å². The first-order chi connectivity index (χ1) is 15.2. The van der Waals surface area contributed by atoms with Crippen molar-refractivity contribution < 1.29 is 9.69 Å². The topological polar surface area (TPSA) is 52.6 Å². The molecule has 3 N–H and O–H groups in total. The molecule has 0 atom stereocenters. The molecule has 156 valence electrons. The summed E-state index contributed by atoms with van der Waals surface area (Å²) in [7, 11) is 0. The average Bonchev–Trinajstić information content (AvgIpc) is 3.26. The highest BCUT2D eigenvalue weighted by atomic mass is 16.1. The van der Waals surface area contributed by atoms with Crippen molar-refractivity contribution in [3.63, 3.8) is 0 Å². The summed E-state index contributed by atoms with van der Waals surface area (Å²) >= 11 is 0. The molecule has 1 aromatic heterocycles. The minimum atomic E-state index is -0.123. The van der Waals surface area contributed by atoms with E-state index in [9.17, 15) is 4.79 Å². The smallest absolute Gasteiger partial charge is 0.272 e. The molecule has 31 heavy (non-hydrogen) atoms. The van der Waals surface area contributed by atoms with Gasteiger partial charge in [0, 0.05) is 27.8 Å². The predicted octanol–water partition coefficient (Wildman–Crippen LogP) is 3.33. The van der Waals surface area contributed by atoms with Gasteiger partial charge in [0.2, 0.25) is 0 Å². The Bertz CT molecular complexity index is 1130. The fourth-order valence-electron chi connectivity index (χ4n) is 4.29. The van der Waals surface area contributed by atoms with Crippen LogP contribution in [0.5, 0.6) is 0 Å². The summed E-state index contributed by atoms with van der Waals surface area (Å²) in [6.45, 7) is 5.45. The van der Waals surface area contributed by atoms with Crippen LogP contribution in [0.3, 0.4) is 0 Å². The van der Waals surface area contributed by atoms with Crippen molar-refractivity contribution in [1.82, 2.24) is 4.98 Å². The van der Waals surface area contributed by atoms with Crippen LogP contribution in [0.4, 0.5) is 11.4 Å². The first kappa shape index (κ1) is 19.4. The molecule has 4 aromatic rings. The van der Waals surface area contributed by atoms with Crippen LogP contribution in [0.2, 0.25) is 0 Å². The number of amides is 1. The number of para-hydroxylation sites is 1. The maximum atomic E-state index is 12.6. The minimum Gasteiger partial charge on any atom is -0.360 e. The molecule has 5 nitrogen and oxygen atoms in total. The normalized spacial score (nSPS) is 14.6. The van der Waals surface area contributed by atoms with Gasteiger partial charge in [-0.25, -0.2) is 0 Å². The van der Waals surface area contributed by atoms with Crippen LogP contribution in [-0.2, 0) is 6.54 Å². The molecule has 3 aromatic carbocycles. The Morgan fingerprint density at radius 3 is 2.35 bits per heavy atom. The highest BCUT2D eigenvalue weighted by Crippen LogP contribution is 2.20. The summed E-state index contributed by atoms with van der Waals surface area (Å²) in [4.78, 5) is 19.8. The fraction of sp³-hybridized carbons (Fsp3) is 0.192. The first-order valence-corrected chi connectivity index (χ1v) is 10.9. The number of hydrogen-bond acceptors (Lipinski definition) is 2. The molecule has 1 saturated heterocycles. The lowest BCUT2D eigenvalue weighted by Crippen LogP contribution is -3.13. The number of aromatic amines is 1. The summed E-state index contributed by atoms with van der Waals surface area (Å²) < 4.78 is 0. The fourth-order valence-corrected chi connectivity index (χ4v) is 4.29. The molecule has 0 aliphatic carbocycles. The molecule has 0 unspecified atom stereocenters. The summed E-state index contributed by atoms with van der Waals surface area (Å²) in [6, 6.07) is 28.7. The Kier molecular flexibility index (Phi) is 5.42. The Morgan fingerprint density at radius 1 is 0.903 bits per heavy atom. The van der Waals surface area contributed by atoms with Crippen LogP contribution in [0.1, 0.15) is 16.1 Å². The third-order valence-corrected chi connectivity index (χ3v) is 6.03. The van der Waals surface area contributed by atoms with Crippen LogP contribution in [0, 0.1) is 0 Å². The van der Waals surface area contributed by atoms with Crippen LogP contribution < -0.4 is 15.1 Å². The zero-order valence-corrected chi connectivity index (χ0v) is 17.5. The van der Waals surface area contributed by atoms with Gasteiger partial charge in [-0.2, -0.15) is 0 Å². The van der Waals surface area contributed by atoms with Gasteiger partial charge in [-0.05, 0) is 36.4 Å². The van der Waals surface area contributed by atoms with Gasteiger partial charge in [-0.1, -0.05) is 48.5 Å². The van der Waals surface area contributed by atoms with Crippen LogP contribution >= 0.6 is 0 Å². The maximum Gasteiger partial charge on any atom is 0.272 e. The van der Waals surface area contributed by atoms with Crippen molar-refractivity contribution in [2.75, 3.05) is 36.4 Å². The Hall–Kier alpha value is -3.57. The zero-order valence-electron chi connectivity index (χ0n) is 17.5. The number of benzene rings is 3. The van der Waals surface area contributed by atoms with Crippen molar-refractivity contribution in [1.29, 1.82) is 0 Å². The van der Waals surface area contributed by atoms with Gasteiger partial charge in [0.15, 0.2) is 0 Å². The van der Waals surface area contributed by atoms with E-state index in [-0.39, 0.29) is 5.91 Å². The van der Waals surface area contributed by atoms with Crippen molar-refractivity contribution in [2.45, 2.75) is 6.54 Å². The highest BCUT2D eigenvalue weighted by molar-refractivity contribution is 6.05. The molecule has 1 aliphatic rings. The van der Waals surface area contributed by atoms with Gasteiger partial charge in [0.25, 0.3) is 5.91 Å². The lowest BCUT2D eigenvalue weighted by Gasteiger charge is -2.33. The first-order valence-electron chi connectivity index (χ1n) is 10.9. The third-order valence-electron chi connectivity index (χ3n) is 6.03. The second kappa shape index (κ2) is 8.66. The predicted molar refractivity (Wildman–Crippen MR) is 126 cm³/mol. The van der Waals surface area contributed by atoms with Gasteiger partial charge in [-0.15, -0.1) is 0 Å². The summed E-state index contributed by atoms with van der Waals surface area (Å²) in [5, 5.41) is 4.03. The van der Waals surface area contributed by atoms with Crippen LogP contribution in [0.25, 0.3) is 10.9 Å². The number of anilines is 2. The number of quaternary nitrogens is 1. The summed E-state index contributed by atoms with van der Waals surface area (Å²) in [5.74, 6) is -0.123. The van der Waals surface area contributed by atoms with E-state index >= 15 is 0 Å². The number of H-pyrrole nitrogens is 1. The largest absolute Gasteiger partial charge is 0.360 e. The van der Waals surface area contributed by atoms with Crippen molar-refractivity contribution in [3.05, 3.63) is 96.2 Å². The number of nitrogens with zero attached hydrogens (tertiary/aromatic N) is 1.